The van der Waals surface area contributed by atoms with Crippen molar-refractivity contribution in [1.29, 1.82) is 5.26 Å². The van der Waals surface area contributed by atoms with E-state index in [1.165, 1.54) is 12.1 Å². The van der Waals surface area contributed by atoms with E-state index in [9.17, 15) is 15.4 Å². The van der Waals surface area contributed by atoms with Crippen LogP contribution in [0.1, 0.15) is 11.3 Å². The predicted molar refractivity (Wildman–Crippen MR) is 110 cm³/mol. The van der Waals surface area contributed by atoms with E-state index in [-0.39, 0.29) is 5.69 Å². The fourth-order valence-corrected chi connectivity index (χ4v) is 3.28. The van der Waals surface area contributed by atoms with Gasteiger partial charge in [0, 0.05) is 29.6 Å². The lowest BCUT2D eigenvalue weighted by Crippen LogP contribution is -1.97. The molecule has 0 saturated heterocycles. The van der Waals surface area contributed by atoms with Crippen molar-refractivity contribution in [2.24, 2.45) is 0 Å². The van der Waals surface area contributed by atoms with E-state index in [1.54, 1.807) is 18.2 Å². The monoisotopic (exact) mass is 365 g/mol. The van der Waals surface area contributed by atoms with Crippen molar-refractivity contribution in [3.63, 3.8) is 0 Å². The Morgan fingerprint density at radius 1 is 1.00 bits per heavy atom. The van der Waals surface area contributed by atoms with Crippen molar-refractivity contribution in [2.75, 3.05) is 0 Å². The lowest BCUT2D eigenvalue weighted by Gasteiger charge is -2.09. The number of rotatable bonds is 4. The Kier molecular flexibility index (Phi) is 4.45. The average Bonchev–Trinajstić information content (AvgIpc) is 3.20. The van der Waals surface area contributed by atoms with Gasteiger partial charge in [0.15, 0.2) is 0 Å². The average molecular weight is 365 g/mol. The smallest absolute Gasteiger partial charge is 0.271 e. The maximum Gasteiger partial charge on any atom is 0.271 e. The molecule has 0 radical (unpaired) electrons. The molecule has 0 fully saturated rings. The molecule has 0 spiro atoms. The van der Waals surface area contributed by atoms with Gasteiger partial charge in [-0.1, -0.05) is 48.5 Å². The van der Waals surface area contributed by atoms with Gasteiger partial charge in [0.2, 0.25) is 0 Å². The largest absolute Gasteiger partial charge is 0.317 e. The van der Waals surface area contributed by atoms with Gasteiger partial charge in [0.1, 0.15) is 0 Å². The minimum Gasteiger partial charge on any atom is -0.317 e. The Labute approximate surface area is 161 Å². The number of benzene rings is 3. The van der Waals surface area contributed by atoms with Gasteiger partial charge in [-0.05, 0) is 35.0 Å². The van der Waals surface area contributed by atoms with E-state index < -0.39 is 4.92 Å². The van der Waals surface area contributed by atoms with Crippen LogP contribution in [0.3, 0.4) is 0 Å². The Bertz CT molecular complexity index is 1260. The summed E-state index contributed by atoms with van der Waals surface area (Å²) in [4.78, 5) is 10.7. The molecule has 4 rings (SSSR count). The van der Waals surface area contributed by atoms with Crippen molar-refractivity contribution in [2.45, 2.75) is 0 Å². The van der Waals surface area contributed by atoms with Crippen LogP contribution in [0.25, 0.3) is 28.1 Å². The first-order valence-electron chi connectivity index (χ1n) is 8.69. The summed E-state index contributed by atoms with van der Waals surface area (Å²) in [5.74, 6) is 0. The molecule has 28 heavy (non-hydrogen) atoms. The zero-order chi connectivity index (χ0) is 19.5. The maximum atomic E-state index is 11.1. The van der Waals surface area contributed by atoms with Gasteiger partial charge in [0.05, 0.1) is 22.3 Å². The number of nitro groups is 1. The van der Waals surface area contributed by atoms with Crippen LogP contribution in [0, 0.1) is 21.4 Å². The van der Waals surface area contributed by atoms with Crippen LogP contribution in [0.5, 0.6) is 0 Å². The highest BCUT2D eigenvalue weighted by Crippen LogP contribution is 2.27. The summed E-state index contributed by atoms with van der Waals surface area (Å²) in [6.07, 6.45) is 3.63. The summed E-state index contributed by atoms with van der Waals surface area (Å²) in [6, 6.07) is 26.2. The van der Waals surface area contributed by atoms with E-state index >= 15 is 0 Å². The van der Waals surface area contributed by atoms with Crippen LogP contribution in [0.4, 0.5) is 5.69 Å². The van der Waals surface area contributed by atoms with Crippen molar-refractivity contribution in [3.8, 4) is 11.8 Å². The second-order valence-corrected chi connectivity index (χ2v) is 6.28. The molecule has 0 aliphatic rings. The zero-order valence-electron chi connectivity index (χ0n) is 14.8. The summed E-state index contributed by atoms with van der Waals surface area (Å²) in [7, 11) is 0. The van der Waals surface area contributed by atoms with Crippen LogP contribution in [0.2, 0.25) is 0 Å². The number of nitriles is 1. The topological polar surface area (TPSA) is 71.9 Å². The third-order valence-electron chi connectivity index (χ3n) is 4.59. The third-order valence-corrected chi connectivity index (χ3v) is 4.59. The minimum atomic E-state index is -0.417. The number of allylic oxidation sites excluding steroid dienone is 1. The molecule has 1 heterocycles. The molecule has 0 aliphatic heterocycles. The number of fused-ring (bicyclic) bond motifs is 1. The molecule has 0 unspecified atom stereocenters. The van der Waals surface area contributed by atoms with Crippen LogP contribution in [0.15, 0.2) is 85.1 Å². The molecular formula is C23H15N3O2. The summed E-state index contributed by atoms with van der Waals surface area (Å²) in [5.41, 5.74) is 2.84. The standard InChI is InChI=1S/C23H15N3O2/c24-16-18(23-12-3-7-17-6-1-2-11-22(17)23)14-19-10-5-13-25(19)20-8-4-9-21(15-20)26(27)28/h1-15H/b18-14+. The Morgan fingerprint density at radius 2 is 1.79 bits per heavy atom. The first-order chi connectivity index (χ1) is 13.7. The first kappa shape index (κ1) is 17.3. The highest BCUT2D eigenvalue weighted by atomic mass is 16.6. The highest BCUT2D eigenvalue weighted by Gasteiger charge is 2.11. The molecule has 3 aromatic carbocycles. The van der Waals surface area contributed by atoms with Crippen molar-refractivity contribution >= 4 is 28.1 Å². The lowest BCUT2D eigenvalue weighted by molar-refractivity contribution is -0.384. The van der Waals surface area contributed by atoms with Gasteiger partial charge in [-0.25, -0.2) is 0 Å². The quantitative estimate of drug-likeness (QED) is 0.268. The molecule has 5 nitrogen and oxygen atoms in total. The second kappa shape index (κ2) is 7.22. The number of aromatic nitrogens is 1. The molecule has 0 aliphatic carbocycles. The van der Waals surface area contributed by atoms with Gasteiger partial charge >= 0.3 is 0 Å². The van der Waals surface area contributed by atoms with Crippen LogP contribution >= 0.6 is 0 Å². The van der Waals surface area contributed by atoms with Gasteiger partial charge < -0.3 is 4.57 Å². The molecule has 1 aromatic heterocycles. The van der Waals surface area contributed by atoms with E-state index in [4.69, 9.17) is 0 Å². The minimum absolute atomic E-state index is 0.0238. The van der Waals surface area contributed by atoms with Crippen LogP contribution in [-0.4, -0.2) is 9.49 Å². The first-order valence-corrected chi connectivity index (χ1v) is 8.69. The fraction of sp³-hybridized carbons (Fsp3) is 0. The third kappa shape index (κ3) is 3.15. The number of hydrogen-bond acceptors (Lipinski definition) is 3. The summed E-state index contributed by atoms with van der Waals surface area (Å²) in [6.45, 7) is 0. The normalized spacial score (nSPS) is 11.3. The Balaban J connectivity index is 1.83. The molecule has 0 saturated carbocycles. The lowest BCUT2D eigenvalue weighted by atomic mass is 9.98. The van der Waals surface area contributed by atoms with Crippen molar-refractivity contribution in [1.82, 2.24) is 4.57 Å². The molecule has 0 bridgehead atoms. The predicted octanol–water partition coefficient (Wildman–Crippen LogP) is 5.60. The maximum absolute atomic E-state index is 11.1. The van der Waals surface area contributed by atoms with E-state index in [0.717, 1.165) is 22.0 Å². The zero-order valence-corrected chi connectivity index (χ0v) is 14.8. The molecule has 134 valence electrons. The van der Waals surface area contributed by atoms with Gasteiger partial charge in [-0.15, -0.1) is 0 Å². The molecule has 0 amide bonds. The van der Waals surface area contributed by atoms with Crippen LogP contribution < -0.4 is 0 Å². The van der Waals surface area contributed by atoms with Crippen molar-refractivity contribution in [3.05, 3.63) is 106 Å². The number of hydrogen-bond donors (Lipinski definition) is 0. The van der Waals surface area contributed by atoms with Crippen LogP contribution in [-0.2, 0) is 0 Å². The highest BCUT2D eigenvalue weighted by molar-refractivity contribution is 6.01. The van der Waals surface area contributed by atoms with E-state index in [0.29, 0.717) is 11.3 Å². The summed E-state index contributed by atoms with van der Waals surface area (Å²) >= 11 is 0. The van der Waals surface area contributed by atoms with Gasteiger partial charge in [-0.3, -0.25) is 10.1 Å². The number of nitrogens with zero attached hydrogens (tertiary/aromatic N) is 3. The fourth-order valence-electron chi connectivity index (χ4n) is 3.28. The number of non-ortho nitro benzene ring substituents is 1. The Morgan fingerprint density at radius 3 is 2.61 bits per heavy atom. The van der Waals surface area contributed by atoms with E-state index in [2.05, 4.69) is 6.07 Å². The summed E-state index contributed by atoms with van der Waals surface area (Å²) in [5, 5.41) is 23.0. The Hall–Kier alpha value is -4.17. The van der Waals surface area contributed by atoms with Gasteiger partial charge in [0.25, 0.3) is 5.69 Å². The molecule has 0 atom stereocenters. The summed E-state index contributed by atoms with van der Waals surface area (Å²) < 4.78 is 1.83. The molecular weight excluding hydrogens is 350 g/mol. The SMILES string of the molecule is N#C/C(=C\c1cccn1-c1cccc([N+](=O)[O-])c1)c1cccc2ccccc12. The molecule has 5 heteroatoms. The van der Waals surface area contributed by atoms with Crippen molar-refractivity contribution < 1.29 is 4.92 Å². The second-order valence-electron chi connectivity index (χ2n) is 6.28. The molecule has 0 N–H and O–H groups in total. The molecule has 4 aromatic rings. The van der Waals surface area contributed by atoms with Gasteiger partial charge in [-0.2, -0.15) is 5.26 Å². The van der Waals surface area contributed by atoms with E-state index in [1.807, 2.05) is 65.4 Å². The number of nitro benzene ring substituents is 1.